The smallest absolute Gasteiger partial charge is 0.242 e. The molecule has 10 nitrogen and oxygen atoms in total. The summed E-state index contributed by atoms with van der Waals surface area (Å²) in [4.78, 5) is 12.8. The molecule has 1 aliphatic rings. The summed E-state index contributed by atoms with van der Waals surface area (Å²) in [5.74, 6) is 1.75. The van der Waals surface area contributed by atoms with Crippen LogP contribution in [0.3, 0.4) is 0 Å². The summed E-state index contributed by atoms with van der Waals surface area (Å²) in [7, 11) is 0.972. The van der Waals surface area contributed by atoms with E-state index in [0.29, 0.717) is 41.5 Å². The Hall–Kier alpha value is -3.02. The molecule has 1 atom stereocenters. The first kappa shape index (κ1) is 25.2. The van der Waals surface area contributed by atoms with Crippen LogP contribution in [0.25, 0.3) is 0 Å². The van der Waals surface area contributed by atoms with E-state index in [2.05, 4.69) is 15.8 Å². The van der Waals surface area contributed by atoms with Gasteiger partial charge in [-0.15, -0.1) is 0 Å². The minimum Gasteiger partial charge on any atom is -0.493 e. The molecule has 0 aromatic heterocycles. The molecule has 0 aliphatic carbocycles. The number of hydrogen-bond acceptors (Lipinski definition) is 8. The first-order chi connectivity index (χ1) is 15.3. The van der Waals surface area contributed by atoms with Crippen molar-refractivity contribution in [2.45, 2.75) is 12.5 Å². The number of carbonyl (C=O) groups excluding carboxylic acids is 1. The van der Waals surface area contributed by atoms with Gasteiger partial charge in [-0.25, -0.2) is 8.42 Å². The summed E-state index contributed by atoms with van der Waals surface area (Å²) in [6, 6.07) is 9.26. The molecule has 1 heterocycles. The van der Waals surface area contributed by atoms with Crippen molar-refractivity contribution >= 4 is 15.9 Å². The minimum atomic E-state index is -3.64. The van der Waals surface area contributed by atoms with Gasteiger partial charge in [-0.1, -0.05) is 12.1 Å². The highest BCUT2D eigenvalue weighted by molar-refractivity contribution is 7.88. The first-order valence-electron chi connectivity index (χ1n) is 9.74. The SMILES string of the molecule is CN.COc1ccc(CCNC(=O)C(NS(C)(=O)=O)c2ccc3c(c2)OCO3)cc1OC. The second-order valence-corrected chi connectivity index (χ2v) is 8.45. The molecule has 0 bridgehead atoms. The van der Waals surface area contributed by atoms with E-state index in [1.54, 1.807) is 38.5 Å². The molecule has 11 heteroatoms. The number of hydrogen-bond donors (Lipinski definition) is 3. The Bertz CT molecular complexity index is 1030. The van der Waals surface area contributed by atoms with Gasteiger partial charge in [0.15, 0.2) is 23.0 Å². The van der Waals surface area contributed by atoms with Crippen molar-refractivity contribution in [1.82, 2.24) is 10.0 Å². The average molecular weight is 468 g/mol. The van der Waals surface area contributed by atoms with Crippen molar-refractivity contribution in [2.75, 3.05) is 40.9 Å². The van der Waals surface area contributed by atoms with Crippen molar-refractivity contribution in [2.24, 2.45) is 5.73 Å². The molecule has 176 valence electrons. The van der Waals surface area contributed by atoms with E-state index in [-0.39, 0.29) is 6.79 Å². The van der Waals surface area contributed by atoms with Crippen molar-refractivity contribution in [3.8, 4) is 23.0 Å². The van der Waals surface area contributed by atoms with E-state index >= 15 is 0 Å². The van der Waals surface area contributed by atoms with Crippen LogP contribution in [-0.4, -0.2) is 55.2 Å². The van der Waals surface area contributed by atoms with Gasteiger partial charge in [-0.2, -0.15) is 4.72 Å². The predicted octanol–water partition coefficient (Wildman–Crippen LogP) is 0.957. The highest BCUT2D eigenvalue weighted by atomic mass is 32.2. The van der Waals surface area contributed by atoms with Gasteiger partial charge in [0.2, 0.25) is 22.7 Å². The quantitative estimate of drug-likeness (QED) is 0.496. The second-order valence-electron chi connectivity index (χ2n) is 6.67. The van der Waals surface area contributed by atoms with Gasteiger partial charge in [-0.3, -0.25) is 4.79 Å². The molecule has 1 unspecified atom stereocenters. The average Bonchev–Trinajstić information content (AvgIpc) is 3.26. The van der Waals surface area contributed by atoms with E-state index in [0.717, 1.165) is 11.8 Å². The Morgan fingerprint density at radius 3 is 2.41 bits per heavy atom. The summed E-state index contributed by atoms with van der Waals surface area (Å²) >= 11 is 0. The molecule has 4 N–H and O–H groups in total. The molecule has 3 rings (SSSR count). The van der Waals surface area contributed by atoms with Crippen LogP contribution >= 0.6 is 0 Å². The lowest BCUT2D eigenvalue weighted by atomic mass is 10.1. The van der Waals surface area contributed by atoms with Gasteiger partial charge >= 0.3 is 0 Å². The maximum absolute atomic E-state index is 12.8. The highest BCUT2D eigenvalue weighted by Crippen LogP contribution is 2.34. The molecule has 1 amide bonds. The lowest BCUT2D eigenvalue weighted by Crippen LogP contribution is -2.40. The third-order valence-electron chi connectivity index (χ3n) is 4.48. The van der Waals surface area contributed by atoms with Crippen molar-refractivity contribution < 1.29 is 32.2 Å². The zero-order valence-corrected chi connectivity index (χ0v) is 19.3. The van der Waals surface area contributed by atoms with Crippen molar-refractivity contribution in [3.05, 3.63) is 47.5 Å². The van der Waals surface area contributed by atoms with Crippen LogP contribution in [0.15, 0.2) is 36.4 Å². The predicted molar refractivity (Wildman–Crippen MR) is 120 cm³/mol. The number of fused-ring (bicyclic) bond motifs is 1. The lowest BCUT2D eigenvalue weighted by molar-refractivity contribution is -0.122. The van der Waals surface area contributed by atoms with Crippen LogP contribution in [0, 0.1) is 0 Å². The zero-order valence-electron chi connectivity index (χ0n) is 18.5. The number of ether oxygens (including phenoxy) is 4. The van der Waals surface area contributed by atoms with Crippen molar-refractivity contribution in [1.29, 1.82) is 0 Å². The topological polar surface area (TPSA) is 138 Å². The van der Waals surface area contributed by atoms with Crippen LogP contribution in [0.5, 0.6) is 23.0 Å². The largest absolute Gasteiger partial charge is 0.493 e. The molecule has 2 aromatic rings. The fourth-order valence-electron chi connectivity index (χ4n) is 3.05. The lowest BCUT2D eigenvalue weighted by Gasteiger charge is -2.18. The summed E-state index contributed by atoms with van der Waals surface area (Å²) in [5.41, 5.74) is 5.89. The number of nitrogens with two attached hydrogens (primary N) is 1. The van der Waals surface area contributed by atoms with Crippen molar-refractivity contribution in [3.63, 3.8) is 0 Å². The highest BCUT2D eigenvalue weighted by Gasteiger charge is 2.26. The Kier molecular flexibility index (Phi) is 9.12. The van der Waals surface area contributed by atoms with Crippen LogP contribution in [0.4, 0.5) is 0 Å². The zero-order chi connectivity index (χ0) is 23.7. The van der Waals surface area contributed by atoms with E-state index in [4.69, 9.17) is 18.9 Å². The Morgan fingerprint density at radius 1 is 1.06 bits per heavy atom. The number of amides is 1. The van der Waals surface area contributed by atoms with Gasteiger partial charge in [0.05, 0.1) is 20.5 Å². The summed E-state index contributed by atoms with van der Waals surface area (Å²) in [6.45, 7) is 0.390. The van der Waals surface area contributed by atoms with Crippen LogP contribution in [0.1, 0.15) is 17.2 Å². The maximum atomic E-state index is 12.8. The number of sulfonamides is 1. The van der Waals surface area contributed by atoms with Gasteiger partial charge in [0.1, 0.15) is 6.04 Å². The molecular weight excluding hydrogens is 438 g/mol. The maximum Gasteiger partial charge on any atom is 0.242 e. The number of benzene rings is 2. The third-order valence-corrected chi connectivity index (χ3v) is 5.15. The standard InChI is InChI=1S/C20H24N2O7S.CH5N/c1-26-15-6-4-13(10-17(15)27-2)8-9-21-20(23)19(22-30(3,24)25)14-5-7-16-18(11-14)29-12-28-16;1-2/h4-7,10-11,19,22H,8-9,12H2,1-3H3,(H,21,23);2H2,1H3. The first-order valence-corrected chi connectivity index (χ1v) is 11.6. The number of methoxy groups -OCH3 is 2. The van der Waals surface area contributed by atoms with Gasteiger partial charge in [0.25, 0.3) is 0 Å². The fraction of sp³-hybridized carbons (Fsp3) is 0.381. The molecule has 0 fully saturated rings. The Morgan fingerprint density at radius 2 is 1.75 bits per heavy atom. The minimum absolute atomic E-state index is 0.0838. The molecule has 0 saturated carbocycles. The molecule has 32 heavy (non-hydrogen) atoms. The summed E-state index contributed by atoms with van der Waals surface area (Å²) in [6.07, 6.45) is 1.53. The van der Waals surface area contributed by atoms with E-state index < -0.39 is 22.0 Å². The monoisotopic (exact) mass is 467 g/mol. The van der Waals surface area contributed by atoms with Crippen LogP contribution in [0.2, 0.25) is 0 Å². The number of nitrogens with one attached hydrogen (secondary N) is 2. The summed E-state index contributed by atoms with van der Waals surface area (Å²) in [5, 5.41) is 2.78. The molecule has 2 aromatic carbocycles. The molecule has 0 radical (unpaired) electrons. The Balaban J connectivity index is 0.00000176. The second kappa shape index (κ2) is 11.6. The Labute approximate surface area is 188 Å². The molecule has 0 saturated heterocycles. The molecule has 1 aliphatic heterocycles. The van der Waals surface area contributed by atoms with Gasteiger partial charge in [-0.05, 0) is 48.9 Å². The number of rotatable bonds is 9. The van der Waals surface area contributed by atoms with Crippen LogP contribution in [-0.2, 0) is 21.2 Å². The normalized spacial score (nSPS) is 12.9. The molecule has 0 spiro atoms. The third kappa shape index (κ3) is 6.74. The van der Waals surface area contributed by atoms with E-state index in [1.165, 1.54) is 7.05 Å². The van der Waals surface area contributed by atoms with E-state index in [1.807, 2.05) is 12.1 Å². The van der Waals surface area contributed by atoms with Gasteiger partial charge in [0, 0.05) is 6.54 Å². The fourth-order valence-corrected chi connectivity index (χ4v) is 3.72. The summed E-state index contributed by atoms with van der Waals surface area (Å²) < 4.78 is 47.1. The van der Waals surface area contributed by atoms with Gasteiger partial charge < -0.3 is 30.0 Å². The number of carbonyl (C=O) groups is 1. The van der Waals surface area contributed by atoms with Crippen LogP contribution < -0.4 is 34.7 Å². The molecular formula is C21H29N3O7S. The van der Waals surface area contributed by atoms with E-state index in [9.17, 15) is 13.2 Å².